The number of benzene rings is 1. The van der Waals surface area contributed by atoms with E-state index in [-0.39, 0.29) is 17.2 Å². The van der Waals surface area contributed by atoms with Crippen molar-refractivity contribution in [1.29, 1.82) is 0 Å². The average molecular weight is 303 g/mol. The third-order valence-electron chi connectivity index (χ3n) is 3.56. The molecule has 1 aromatic heterocycles. The van der Waals surface area contributed by atoms with E-state index in [9.17, 15) is 9.59 Å². The molecule has 1 aliphatic rings. The Morgan fingerprint density at radius 1 is 1.43 bits per heavy atom. The molecule has 0 bridgehead atoms. The summed E-state index contributed by atoms with van der Waals surface area (Å²) in [6.45, 7) is 0.767. The van der Waals surface area contributed by atoms with Crippen molar-refractivity contribution in [3.05, 3.63) is 34.6 Å². The Morgan fingerprint density at radius 2 is 2.19 bits per heavy atom. The van der Waals surface area contributed by atoms with Crippen LogP contribution in [0.5, 0.6) is 0 Å². The molecule has 2 aromatic rings. The van der Waals surface area contributed by atoms with Crippen molar-refractivity contribution in [2.24, 2.45) is 13.0 Å². The van der Waals surface area contributed by atoms with Gasteiger partial charge in [-0.1, -0.05) is 23.9 Å². The summed E-state index contributed by atoms with van der Waals surface area (Å²) in [7, 11) is 1.69. The van der Waals surface area contributed by atoms with Crippen LogP contribution < -0.4 is 10.9 Å². The van der Waals surface area contributed by atoms with E-state index in [2.05, 4.69) is 10.3 Å². The summed E-state index contributed by atoms with van der Waals surface area (Å²) in [4.78, 5) is 28.4. The minimum absolute atomic E-state index is 0.00527. The molecule has 0 spiro atoms. The predicted octanol–water partition coefficient (Wildman–Crippen LogP) is 1.55. The third kappa shape index (κ3) is 3.26. The fourth-order valence-corrected chi connectivity index (χ4v) is 2.89. The van der Waals surface area contributed by atoms with Crippen LogP contribution in [0.25, 0.3) is 10.9 Å². The Kier molecular flexibility index (Phi) is 3.96. The Labute approximate surface area is 126 Å². The molecule has 0 saturated heterocycles. The number of nitrogens with zero attached hydrogens (tertiary/aromatic N) is 2. The van der Waals surface area contributed by atoms with Gasteiger partial charge in [-0.3, -0.25) is 14.2 Å². The number of hydrogen-bond donors (Lipinski definition) is 1. The van der Waals surface area contributed by atoms with Gasteiger partial charge in [0.05, 0.1) is 16.7 Å². The topological polar surface area (TPSA) is 64.0 Å². The summed E-state index contributed by atoms with van der Waals surface area (Å²) >= 11 is 1.30. The smallest absolute Gasteiger partial charge is 0.261 e. The molecule has 1 N–H and O–H groups in total. The summed E-state index contributed by atoms with van der Waals surface area (Å²) in [5.74, 6) is 0.946. The summed E-state index contributed by atoms with van der Waals surface area (Å²) in [5.41, 5.74) is 0.586. The number of aromatic nitrogens is 2. The van der Waals surface area contributed by atoms with Gasteiger partial charge < -0.3 is 5.32 Å². The van der Waals surface area contributed by atoms with E-state index >= 15 is 0 Å². The summed E-state index contributed by atoms with van der Waals surface area (Å²) in [6.07, 6.45) is 2.43. The van der Waals surface area contributed by atoms with E-state index in [1.165, 1.54) is 29.2 Å². The van der Waals surface area contributed by atoms with Gasteiger partial charge in [-0.2, -0.15) is 0 Å². The largest absolute Gasteiger partial charge is 0.355 e. The third-order valence-corrected chi connectivity index (χ3v) is 4.59. The number of amides is 1. The zero-order valence-electron chi connectivity index (χ0n) is 11.8. The van der Waals surface area contributed by atoms with Crippen molar-refractivity contribution in [2.45, 2.75) is 18.0 Å². The first-order valence-electron chi connectivity index (χ1n) is 7.00. The zero-order valence-corrected chi connectivity index (χ0v) is 12.7. The molecule has 0 unspecified atom stereocenters. The van der Waals surface area contributed by atoms with Crippen LogP contribution in [0.3, 0.4) is 0 Å². The Balaban J connectivity index is 1.72. The Morgan fingerprint density at radius 3 is 2.95 bits per heavy atom. The van der Waals surface area contributed by atoms with Crippen LogP contribution in [0.4, 0.5) is 0 Å². The van der Waals surface area contributed by atoms with Gasteiger partial charge in [0.25, 0.3) is 5.56 Å². The molecule has 1 fully saturated rings. The average Bonchev–Trinajstić information content (AvgIpc) is 3.31. The van der Waals surface area contributed by atoms with Crippen LogP contribution in [0.1, 0.15) is 12.8 Å². The van der Waals surface area contributed by atoms with Crippen LogP contribution in [-0.2, 0) is 11.8 Å². The summed E-state index contributed by atoms with van der Waals surface area (Å²) in [6, 6.07) is 7.25. The molecule has 0 radical (unpaired) electrons. The number of fused-ring (bicyclic) bond motifs is 1. The number of carbonyl (C=O) groups is 1. The lowest BCUT2D eigenvalue weighted by molar-refractivity contribution is -0.118. The second-order valence-electron chi connectivity index (χ2n) is 5.31. The Hall–Kier alpha value is -1.82. The molecule has 5 nitrogen and oxygen atoms in total. The molecule has 6 heteroatoms. The number of nitrogens with one attached hydrogen (secondary N) is 1. The molecule has 1 heterocycles. The molecule has 3 rings (SSSR count). The van der Waals surface area contributed by atoms with Crippen LogP contribution in [-0.4, -0.2) is 27.8 Å². The van der Waals surface area contributed by atoms with Crippen molar-refractivity contribution < 1.29 is 4.79 Å². The highest BCUT2D eigenvalue weighted by Gasteiger charge is 2.21. The fraction of sp³-hybridized carbons (Fsp3) is 0.400. The molecule has 1 aliphatic carbocycles. The summed E-state index contributed by atoms with van der Waals surface area (Å²) in [5, 5.41) is 4.08. The first-order valence-corrected chi connectivity index (χ1v) is 7.99. The highest BCUT2D eigenvalue weighted by atomic mass is 32.2. The van der Waals surface area contributed by atoms with Crippen molar-refractivity contribution in [2.75, 3.05) is 12.3 Å². The second kappa shape index (κ2) is 5.89. The molecule has 110 valence electrons. The van der Waals surface area contributed by atoms with E-state index in [0.717, 1.165) is 6.54 Å². The lowest BCUT2D eigenvalue weighted by Crippen LogP contribution is -2.28. The number of carbonyl (C=O) groups excluding carboxylic acids is 1. The minimum atomic E-state index is -0.0820. The van der Waals surface area contributed by atoms with E-state index in [0.29, 0.717) is 22.0 Å². The SMILES string of the molecule is Cn1c(SCC(=O)NCC2CC2)nc2ccccc2c1=O. The van der Waals surface area contributed by atoms with Crippen LogP contribution >= 0.6 is 11.8 Å². The predicted molar refractivity (Wildman–Crippen MR) is 83.4 cm³/mol. The van der Waals surface area contributed by atoms with Gasteiger partial charge in [0, 0.05) is 13.6 Å². The van der Waals surface area contributed by atoms with Crippen LogP contribution in [0.2, 0.25) is 0 Å². The van der Waals surface area contributed by atoms with E-state index in [1.807, 2.05) is 18.2 Å². The number of thioether (sulfide) groups is 1. The van der Waals surface area contributed by atoms with E-state index in [1.54, 1.807) is 13.1 Å². The number of rotatable bonds is 5. The molecule has 1 amide bonds. The second-order valence-corrected chi connectivity index (χ2v) is 6.25. The maximum atomic E-state index is 12.2. The van der Waals surface area contributed by atoms with Gasteiger partial charge in [0.2, 0.25) is 5.91 Å². The maximum Gasteiger partial charge on any atom is 0.261 e. The lowest BCUT2D eigenvalue weighted by Gasteiger charge is -2.08. The Bertz CT molecular complexity index is 737. The van der Waals surface area contributed by atoms with E-state index < -0.39 is 0 Å². The molecule has 0 atom stereocenters. The van der Waals surface area contributed by atoms with Gasteiger partial charge in [-0.05, 0) is 30.9 Å². The zero-order chi connectivity index (χ0) is 14.8. The van der Waals surface area contributed by atoms with Gasteiger partial charge >= 0.3 is 0 Å². The quantitative estimate of drug-likeness (QED) is 0.672. The molecular formula is C15H17N3O2S. The monoisotopic (exact) mass is 303 g/mol. The molecular weight excluding hydrogens is 286 g/mol. The van der Waals surface area contributed by atoms with Gasteiger partial charge in [-0.15, -0.1) is 0 Å². The highest BCUT2D eigenvalue weighted by molar-refractivity contribution is 7.99. The molecule has 0 aliphatic heterocycles. The standard InChI is InChI=1S/C15H17N3O2S/c1-18-14(20)11-4-2-3-5-12(11)17-15(18)21-9-13(19)16-8-10-6-7-10/h2-5,10H,6-9H2,1H3,(H,16,19). The van der Waals surface area contributed by atoms with Crippen molar-refractivity contribution >= 4 is 28.6 Å². The van der Waals surface area contributed by atoms with Gasteiger partial charge in [0.15, 0.2) is 5.16 Å². The first-order chi connectivity index (χ1) is 10.1. The van der Waals surface area contributed by atoms with Crippen molar-refractivity contribution in [3.8, 4) is 0 Å². The lowest BCUT2D eigenvalue weighted by atomic mass is 10.2. The first kappa shape index (κ1) is 14.1. The van der Waals surface area contributed by atoms with Crippen LogP contribution in [0.15, 0.2) is 34.2 Å². The molecule has 21 heavy (non-hydrogen) atoms. The number of hydrogen-bond acceptors (Lipinski definition) is 4. The van der Waals surface area contributed by atoms with Crippen LogP contribution in [0, 0.1) is 5.92 Å². The highest BCUT2D eigenvalue weighted by Crippen LogP contribution is 2.27. The van der Waals surface area contributed by atoms with E-state index in [4.69, 9.17) is 0 Å². The van der Waals surface area contributed by atoms with Gasteiger partial charge in [0.1, 0.15) is 0 Å². The van der Waals surface area contributed by atoms with Crippen molar-refractivity contribution in [3.63, 3.8) is 0 Å². The molecule has 1 aromatic carbocycles. The number of para-hydroxylation sites is 1. The van der Waals surface area contributed by atoms with Crippen molar-refractivity contribution in [1.82, 2.24) is 14.9 Å². The minimum Gasteiger partial charge on any atom is -0.355 e. The summed E-state index contributed by atoms with van der Waals surface area (Å²) < 4.78 is 1.50. The van der Waals surface area contributed by atoms with Gasteiger partial charge in [-0.25, -0.2) is 4.98 Å². The fourth-order valence-electron chi connectivity index (χ4n) is 2.09. The molecule has 1 saturated carbocycles. The maximum absolute atomic E-state index is 12.2. The normalized spacial score (nSPS) is 14.3.